The fourth-order valence-electron chi connectivity index (χ4n) is 4.22. The summed E-state index contributed by atoms with van der Waals surface area (Å²) in [5.41, 5.74) is 3.09. The SMILES string of the molecule is O=C(NCC1CCCN1)C1CC12CCc1ccccc12. The summed E-state index contributed by atoms with van der Waals surface area (Å²) in [5.74, 6) is 0.489. The fourth-order valence-corrected chi connectivity index (χ4v) is 4.22. The summed E-state index contributed by atoms with van der Waals surface area (Å²) >= 11 is 0. The summed E-state index contributed by atoms with van der Waals surface area (Å²) in [5, 5.41) is 6.60. The molecule has 0 bridgehead atoms. The Kier molecular flexibility index (Phi) is 2.84. The van der Waals surface area contributed by atoms with Crippen molar-refractivity contribution >= 4 is 5.91 Å². The molecule has 20 heavy (non-hydrogen) atoms. The van der Waals surface area contributed by atoms with E-state index in [4.69, 9.17) is 0 Å². The van der Waals surface area contributed by atoms with E-state index in [0.29, 0.717) is 6.04 Å². The van der Waals surface area contributed by atoms with Crippen LogP contribution in [-0.2, 0) is 16.6 Å². The highest BCUT2D eigenvalue weighted by atomic mass is 16.2. The van der Waals surface area contributed by atoms with Gasteiger partial charge in [0.25, 0.3) is 0 Å². The number of aryl methyl sites for hydroxylation is 1. The van der Waals surface area contributed by atoms with E-state index in [0.717, 1.165) is 32.4 Å². The average molecular weight is 270 g/mol. The van der Waals surface area contributed by atoms with Gasteiger partial charge in [-0.15, -0.1) is 0 Å². The lowest BCUT2D eigenvalue weighted by atomic mass is 9.95. The van der Waals surface area contributed by atoms with Gasteiger partial charge in [-0.25, -0.2) is 0 Å². The summed E-state index contributed by atoms with van der Waals surface area (Å²) in [6.45, 7) is 1.90. The average Bonchev–Trinajstić information content (AvgIpc) is 2.83. The molecular weight excluding hydrogens is 248 g/mol. The van der Waals surface area contributed by atoms with Gasteiger partial charge in [0.15, 0.2) is 0 Å². The van der Waals surface area contributed by atoms with Gasteiger partial charge in [-0.3, -0.25) is 4.79 Å². The lowest BCUT2D eigenvalue weighted by Crippen LogP contribution is -2.38. The molecule has 1 spiro atoms. The van der Waals surface area contributed by atoms with Crippen LogP contribution in [0.1, 0.15) is 36.8 Å². The number of hydrogen-bond acceptors (Lipinski definition) is 2. The third kappa shape index (κ3) is 1.87. The maximum absolute atomic E-state index is 12.4. The van der Waals surface area contributed by atoms with E-state index in [-0.39, 0.29) is 17.2 Å². The largest absolute Gasteiger partial charge is 0.354 e. The zero-order chi connectivity index (χ0) is 13.6. The van der Waals surface area contributed by atoms with Crippen LogP contribution in [0.4, 0.5) is 0 Å². The quantitative estimate of drug-likeness (QED) is 0.878. The standard InChI is InChI=1S/C17H22N2O/c20-16(19-11-13-5-3-9-18-13)15-10-17(15)8-7-12-4-1-2-6-14(12)17/h1-2,4,6,13,15,18H,3,5,7-11H2,(H,19,20). The first-order valence-corrected chi connectivity index (χ1v) is 7.89. The van der Waals surface area contributed by atoms with Crippen molar-refractivity contribution in [2.75, 3.05) is 13.1 Å². The summed E-state index contributed by atoms with van der Waals surface area (Å²) < 4.78 is 0. The predicted octanol–water partition coefficient (Wildman–Crippen LogP) is 1.76. The third-order valence-electron chi connectivity index (χ3n) is 5.47. The number of amides is 1. The molecule has 1 amide bonds. The monoisotopic (exact) mass is 270 g/mol. The molecule has 1 aromatic carbocycles. The highest BCUT2D eigenvalue weighted by molar-refractivity contribution is 5.85. The van der Waals surface area contributed by atoms with Crippen molar-refractivity contribution < 1.29 is 4.79 Å². The first-order valence-electron chi connectivity index (χ1n) is 7.89. The van der Waals surface area contributed by atoms with Gasteiger partial charge in [0.05, 0.1) is 0 Å². The number of benzene rings is 1. The van der Waals surface area contributed by atoms with Gasteiger partial charge < -0.3 is 10.6 Å². The van der Waals surface area contributed by atoms with Gasteiger partial charge in [0.1, 0.15) is 0 Å². The molecule has 2 N–H and O–H groups in total. The Bertz CT molecular complexity index is 536. The highest BCUT2D eigenvalue weighted by Crippen LogP contribution is 2.61. The highest BCUT2D eigenvalue weighted by Gasteiger charge is 2.61. The van der Waals surface area contributed by atoms with Gasteiger partial charge in [0.2, 0.25) is 5.91 Å². The second-order valence-corrected chi connectivity index (χ2v) is 6.61. The molecule has 4 rings (SSSR count). The maximum atomic E-state index is 12.4. The normalized spacial score (nSPS) is 34.2. The zero-order valence-electron chi connectivity index (χ0n) is 11.8. The molecular formula is C17H22N2O. The van der Waals surface area contributed by atoms with Gasteiger partial charge in [-0.1, -0.05) is 24.3 Å². The number of hydrogen-bond donors (Lipinski definition) is 2. The minimum atomic E-state index is 0.184. The molecule has 1 aromatic rings. The molecule has 0 aromatic heterocycles. The van der Waals surface area contributed by atoms with Crippen molar-refractivity contribution in [1.29, 1.82) is 0 Å². The number of fused-ring (bicyclic) bond motifs is 2. The molecule has 1 saturated heterocycles. The van der Waals surface area contributed by atoms with E-state index in [1.54, 1.807) is 0 Å². The van der Waals surface area contributed by atoms with E-state index >= 15 is 0 Å². The molecule has 2 aliphatic carbocycles. The van der Waals surface area contributed by atoms with Crippen molar-refractivity contribution in [2.24, 2.45) is 5.92 Å². The number of rotatable bonds is 3. The Morgan fingerprint density at radius 1 is 1.40 bits per heavy atom. The van der Waals surface area contributed by atoms with Crippen molar-refractivity contribution in [3.63, 3.8) is 0 Å². The van der Waals surface area contributed by atoms with Crippen molar-refractivity contribution in [3.05, 3.63) is 35.4 Å². The van der Waals surface area contributed by atoms with E-state index in [1.165, 1.54) is 24.0 Å². The van der Waals surface area contributed by atoms with Crippen LogP contribution >= 0.6 is 0 Å². The molecule has 1 saturated carbocycles. The van der Waals surface area contributed by atoms with Gasteiger partial charge in [-0.05, 0) is 49.8 Å². The van der Waals surface area contributed by atoms with Crippen LogP contribution in [0.15, 0.2) is 24.3 Å². The fraction of sp³-hybridized carbons (Fsp3) is 0.588. The van der Waals surface area contributed by atoms with Crippen LogP contribution in [0.3, 0.4) is 0 Å². The van der Waals surface area contributed by atoms with Gasteiger partial charge in [-0.2, -0.15) is 0 Å². The molecule has 3 heteroatoms. The summed E-state index contributed by atoms with van der Waals surface area (Å²) in [4.78, 5) is 12.4. The van der Waals surface area contributed by atoms with Crippen LogP contribution in [0.2, 0.25) is 0 Å². The molecule has 3 nitrogen and oxygen atoms in total. The molecule has 0 radical (unpaired) electrons. The second kappa shape index (κ2) is 4.59. The molecule has 1 heterocycles. The van der Waals surface area contributed by atoms with Crippen LogP contribution in [0, 0.1) is 5.92 Å². The third-order valence-corrected chi connectivity index (χ3v) is 5.47. The Morgan fingerprint density at radius 3 is 3.15 bits per heavy atom. The number of carbonyl (C=O) groups excluding carboxylic acids is 1. The Hall–Kier alpha value is -1.35. The summed E-state index contributed by atoms with van der Waals surface area (Å²) in [7, 11) is 0. The molecule has 106 valence electrons. The Morgan fingerprint density at radius 2 is 2.30 bits per heavy atom. The van der Waals surface area contributed by atoms with Crippen LogP contribution in [0.25, 0.3) is 0 Å². The van der Waals surface area contributed by atoms with Crippen molar-refractivity contribution in [2.45, 2.75) is 43.6 Å². The minimum Gasteiger partial charge on any atom is -0.354 e. The first kappa shape index (κ1) is 12.4. The second-order valence-electron chi connectivity index (χ2n) is 6.61. The Balaban J connectivity index is 1.41. The van der Waals surface area contributed by atoms with Crippen LogP contribution in [0.5, 0.6) is 0 Å². The topological polar surface area (TPSA) is 41.1 Å². The smallest absolute Gasteiger partial charge is 0.224 e. The first-order chi connectivity index (χ1) is 9.79. The molecule has 1 aliphatic heterocycles. The minimum absolute atomic E-state index is 0.184. The summed E-state index contributed by atoms with van der Waals surface area (Å²) in [6.07, 6.45) is 5.78. The van der Waals surface area contributed by atoms with E-state index < -0.39 is 0 Å². The lowest BCUT2D eigenvalue weighted by Gasteiger charge is -2.14. The van der Waals surface area contributed by atoms with Crippen LogP contribution in [-0.4, -0.2) is 25.0 Å². The lowest BCUT2D eigenvalue weighted by molar-refractivity contribution is -0.122. The molecule has 3 aliphatic rings. The Labute approximate surface area is 120 Å². The predicted molar refractivity (Wildman–Crippen MR) is 78.6 cm³/mol. The number of carbonyl (C=O) groups is 1. The molecule has 2 fully saturated rings. The molecule has 3 atom stereocenters. The summed E-state index contributed by atoms with van der Waals surface area (Å²) in [6, 6.07) is 9.17. The van der Waals surface area contributed by atoms with E-state index in [9.17, 15) is 4.79 Å². The maximum Gasteiger partial charge on any atom is 0.224 e. The zero-order valence-corrected chi connectivity index (χ0v) is 11.8. The van der Waals surface area contributed by atoms with E-state index in [1.807, 2.05) is 0 Å². The van der Waals surface area contributed by atoms with E-state index in [2.05, 4.69) is 34.9 Å². The number of nitrogens with one attached hydrogen (secondary N) is 2. The van der Waals surface area contributed by atoms with Gasteiger partial charge in [0, 0.05) is 23.9 Å². The van der Waals surface area contributed by atoms with Crippen molar-refractivity contribution in [1.82, 2.24) is 10.6 Å². The van der Waals surface area contributed by atoms with Crippen LogP contribution < -0.4 is 10.6 Å². The van der Waals surface area contributed by atoms with Crippen molar-refractivity contribution in [3.8, 4) is 0 Å². The van der Waals surface area contributed by atoms with Gasteiger partial charge >= 0.3 is 0 Å². The molecule has 3 unspecified atom stereocenters.